The Labute approximate surface area is 98.9 Å². The van der Waals surface area contributed by atoms with Gasteiger partial charge in [0, 0.05) is 16.3 Å². The van der Waals surface area contributed by atoms with Crippen LogP contribution in [-0.4, -0.2) is 0 Å². The molecule has 2 nitrogen and oxygen atoms in total. The molecular weight excluding hydrogens is 216 g/mol. The summed E-state index contributed by atoms with van der Waals surface area (Å²) in [5.74, 6) is 0. The van der Waals surface area contributed by atoms with Gasteiger partial charge in [0.2, 0.25) is 0 Å². The Morgan fingerprint density at radius 2 is 1.81 bits per heavy atom. The van der Waals surface area contributed by atoms with Crippen LogP contribution in [0.5, 0.6) is 0 Å². The van der Waals surface area contributed by atoms with Gasteiger partial charge in [0.1, 0.15) is 0 Å². The van der Waals surface area contributed by atoms with Gasteiger partial charge in [-0.2, -0.15) is 0 Å². The molecule has 1 heterocycles. The van der Waals surface area contributed by atoms with E-state index in [2.05, 4.69) is 41.7 Å². The molecule has 0 amide bonds. The van der Waals surface area contributed by atoms with Gasteiger partial charge in [-0.15, -0.1) is 0 Å². The van der Waals surface area contributed by atoms with E-state index in [0.717, 1.165) is 5.69 Å². The first-order chi connectivity index (χ1) is 7.88. The van der Waals surface area contributed by atoms with Crippen molar-refractivity contribution in [1.82, 2.24) is 0 Å². The van der Waals surface area contributed by atoms with Crippen molar-refractivity contribution < 1.29 is 0 Å². The van der Waals surface area contributed by atoms with Crippen LogP contribution in [0.2, 0.25) is 0 Å². The second-order valence-corrected chi connectivity index (χ2v) is 4.80. The fourth-order valence-corrected chi connectivity index (χ4v) is 2.93. The number of anilines is 2. The Hall–Kier alpha value is -1.45. The third-order valence-electron chi connectivity index (χ3n) is 2.70. The highest BCUT2D eigenvalue weighted by Crippen LogP contribution is 2.45. The van der Waals surface area contributed by atoms with Crippen molar-refractivity contribution in [2.45, 2.75) is 16.3 Å². The molecule has 16 heavy (non-hydrogen) atoms. The molecule has 0 radical (unpaired) electrons. The Balaban J connectivity index is 2.12. The molecule has 0 fully saturated rings. The normalized spacial score (nSPS) is 12.6. The fourth-order valence-electron chi connectivity index (χ4n) is 1.89. The first-order valence-corrected chi connectivity index (χ1v) is 6.06. The predicted molar refractivity (Wildman–Crippen MR) is 68.2 cm³/mol. The molecule has 0 saturated heterocycles. The van der Waals surface area contributed by atoms with Gasteiger partial charge in [0.05, 0.1) is 11.4 Å². The van der Waals surface area contributed by atoms with Gasteiger partial charge >= 0.3 is 0 Å². The molecule has 0 saturated carbocycles. The summed E-state index contributed by atoms with van der Waals surface area (Å²) in [5, 5.41) is 3.46. The van der Waals surface area contributed by atoms with Crippen molar-refractivity contribution >= 4 is 23.1 Å². The first kappa shape index (κ1) is 9.75. The number of nitrogens with one attached hydrogen (secondary N) is 1. The number of fused-ring (bicyclic) bond motifs is 2. The van der Waals surface area contributed by atoms with E-state index >= 15 is 0 Å². The lowest BCUT2D eigenvalue weighted by Crippen LogP contribution is -2.06. The Morgan fingerprint density at radius 1 is 1.00 bits per heavy atom. The molecule has 80 valence electrons. The lowest BCUT2D eigenvalue weighted by atomic mass is 10.1. The average Bonchev–Trinajstić information content (AvgIpc) is 2.35. The zero-order valence-electron chi connectivity index (χ0n) is 8.73. The summed E-state index contributed by atoms with van der Waals surface area (Å²) in [6, 6.07) is 14.6. The number of hydrogen-bond donors (Lipinski definition) is 2. The summed E-state index contributed by atoms with van der Waals surface area (Å²) < 4.78 is 0. The maximum atomic E-state index is 5.74. The minimum Gasteiger partial charge on any atom is -0.353 e. The van der Waals surface area contributed by atoms with Crippen LogP contribution < -0.4 is 11.1 Å². The van der Waals surface area contributed by atoms with E-state index in [4.69, 9.17) is 5.73 Å². The van der Waals surface area contributed by atoms with Gasteiger partial charge < -0.3 is 11.1 Å². The molecule has 3 N–H and O–H groups in total. The molecule has 0 spiro atoms. The highest BCUT2D eigenvalue weighted by Gasteiger charge is 2.16. The van der Waals surface area contributed by atoms with Gasteiger partial charge in [0.25, 0.3) is 0 Å². The van der Waals surface area contributed by atoms with Gasteiger partial charge in [-0.05, 0) is 23.8 Å². The van der Waals surface area contributed by atoms with Crippen LogP contribution in [0.15, 0.2) is 52.3 Å². The molecule has 1 aliphatic rings. The Bertz CT molecular complexity index is 537. The van der Waals surface area contributed by atoms with Crippen molar-refractivity contribution in [1.29, 1.82) is 0 Å². The first-order valence-electron chi connectivity index (χ1n) is 5.24. The van der Waals surface area contributed by atoms with Crippen molar-refractivity contribution in [3.8, 4) is 0 Å². The molecule has 3 rings (SSSR count). The lowest BCUT2D eigenvalue weighted by Gasteiger charge is -2.22. The van der Waals surface area contributed by atoms with Crippen LogP contribution >= 0.6 is 11.8 Å². The number of benzene rings is 2. The third-order valence-corrected chi connectivity index (χ3v) is 3.84. The highest BCUT2D eigenvalue weighted by molar-refractivity contribution is 7.99. The molecule has 2 aromatic carbocycles. The van der Waals surface area contributed by atoms with E-state index < -0.39 is 0 Å². The number of rotatable bonds is 1. The smallest absolute Gasteiger partial charge is 0.0571 e. The summed E-state index contributed by atoms with van der Waals surface area (Å²) in [5.41, 5.74) is 9.24. The zero-order chi connectivity index (χ0) is 11.0. The van der Waals surface area contributed by atoms with Crippen molar-refractivity contribution in [3.63, 3.8) is 0 Å². The third kappa shape index (κ3) is 1.49. The zero-order valence-corrected chi connectivity index (χ0v) is 9.55. The van der Waals surface area contributed by atoms with Gasteiger partial charge in [-0.1, -0.05) is 36.0 Å². The van der Waals surface area contributed by atoms with Crippen molar-refractivity contribution in [3.05, 3.63) is 48.0 Å². The van der Waals surface area contributed by atoms with E-state index in [1.165, 1.54) is 21.0 Å². The molecule has 0 unspecified atom stereocenters. The van der Waals surface area contributed by atoms with Crippen molar-refractivity contribution in [2.24, 2.45) is 5.73 Å². The lowest BCUT2D eigenvalue weighted by molar-refractivity contribution is 1.06. The van der Waals surface area contributed by atoms with E-state index in [0.29, 0.717) is 6.54 Å². The summed E-state index contributed by atoms with van der Waals surface area (Å²) >= 11 is 1.79. The minimum absolute atomic E-state index is 0.568. The maximum absolute atomic E-state index is 5.74. The quantitative estimate of drug-likeness (QED) is 0.670. The molecular formula is C13H12N2S. The fraction of sp³-hybridized carbons (Fsp3) is 0.0769. The molecule has 0 atom stereocenters. The van der Waals surface area contributed by atoms with Gasteiger partial charge in [0.15, 0.2) is 0 Å². The van der Waals surface area contributed by atoms with Crippen LogP contribution in [-0.2, 0) is 6.54 Å². The SMILES string of the molecule is NCc1cccc2c1Nc1ccccc1S2. The molecule has 0 bridgehead atoms. The van der Waals surface area contributed by atoms with Crippen LogP contribution in [0.3, 0.4) is 0 Å². The van der Waals surface area contributed by atoms with E-state index in [1.807, 2.05) is 6.07 Å². The summed E-state index contributed by atoms with van der Waals surface area (Å²) in [6.07, 6.45) is 0. The number of para-hydroxylation sites is 2. The van der Waals surface area contributed by atoms with E-state index in [1.54, 1.807) is 11.8 Å². The molecule has 1 aliphatic heterocycles. The molecule has 0 aromatic heterocycles. The van der Waals surface area contributed by atoms with E-state index in [-0.39, 0.29) is 0 Å². The second kappa shape index (κ2) is 3.85. The van der Waals surface area contributed by atoms with Gasteiger partial charge in [-0.25, -0.2) is 0 Å². The van der Waals surface area contributed by atoms with Crippen LogP contribution in [0, 0.1) is 0 Å². The Morgan fingerprint density at radius 3 is 2.69 bits per heavy atom. The summed E-state index contributed by atoms with van der Waals surface area (Å²) in [7, 11) is 0. The van der Waals surface area contributed by atoms with Crippen LogP contribution in [0.25, 0.3) is 0 Å². The van der Waals surface area contributed by atoms with E-state index in [9.17, 15) is 0 Å². The van der Waals surface area contributed by atoms with Crippen LogP contribution in [0.4, 0.5) is 11.4 Å². The topological polar surface area (TPSA) is 38.0 Å². The molecule has 0 aliphatic carbocycles. The largest absolute Gasteiger partial charge is 0.353 e. The molecule has 3 heteroatoms. The van der Waals surface area contributed by atoms with Crippen LogP contribution in [0.1, 0.15) is 5.56 Å². The highest BCUT2D eigenvalue weighted by atomic mass is 32.2. The number of hydrogen-bond acceptors (Lipinski definition) is 3. The maximum Gasteiger partial charge on any atom is 0.0571 e. The van der Waals surface area contributed by atoms with Gasteiger partial charge in [-0.3, -0.25) is 0 Å². The van der Waals surface area contributed by atoms with Crippen molar-refractivity contribution in [2.75, 3.05) is 5.32 Å². The number of nitrogens with two attached hydrogens (primary N) is 1. The Kier molecular flexibility index (Phi) is 2.35. The average molecular weight is 228 g/mol. The standard InChI is InChI=1S/C13H12N2S/c14-8-9-4-3-7-12-13(9)15-10-5-1-2-6-11(10)16-12/h1-7,15H,8,14H2. The predicted octanol–water partition coefficient (Wildman–Crippen LogP) is 3.35. The second-order valence-electron chi connectivity index (χ2n) is 3.72. The minimum atomic E-state index is 0.568. The summed E-state index contributed by atoms with van der Waals surface area (Å²) in [6.45, 7) is 0.568. The summed E-state index contributed by atoms with van der Waals surface area (Å²) in [4.78, 5) is 2.52. The monoisotopic (exact) mass is 228 g/mol. The molecule has 2 aromatic rings.